The maximum atomic E-state index is 13.8. The minimum Gasteiger partial charge on any atom is -0.348 e. The van der Waals surface area contributed by atoms with Crippen molar-refractivity contribution < 1.29 is 9.18 Å². The Morgan fingerprint density at radius 1 is 1.23 bits per heavy atom. The van der Waals surface area contributed by atoms with Gasteiger partial charge in [-0.1, -0.05) is 42.8 Å². The van der Waals surface area contributed by atoms with Gasteiger partial charge in [0.1, 0.15) is 5.82 Å². The van der Waals surface area contributed by atoms with E-state index in [2.05, 4.69) is 20.5 Å². The van der Waals surface area contributed by atoms with E-state index in [9.17, 15) is 9.18 Å². The van der Waals surface area contributed by atoms with Crippen LogP contribution in [0.2, 0.25) is 0 Å². The molecular weight excluding hydrogens is 401 g/mol. The first-order valence-corrected chi connectivity index (χ1v) is 11.0. The monoisotopic (exact) mass is 425 g/mol. The van der Waals surface area contributed by atoms with Gasteiger partial charge in [-0.15, -0.1) is 10.2 Å². The van der Waals surface area contributed by atoms with Crippen LogP contribution in [0, 0.1) is 5.82 Å². The molecule has 0 radical (unpaired) electrons. The summed E-state index contributed by atoms with van der Waals surface area (Å²) in [6.45, 7) is 0.285. The lowest BCUT2D eigenvalue weighted by atomic mass is 9.78. The maximum absolute atomic E-state index is 13.8. The highest BCUT2D eigenvalue weighted by Gasteiger charge is 2.42. The fourth-order valence-electron chi connectivity index (χ4n) is 4.00. The van der Waals surface area contributed by atoms with Gasteiger partial charge in [0.2, 0.25) is 5.91 Å². The molecule has 0 atom stereocenters. The molecule has 30 heavy (non-hydrogen) atoms. The van der Waals surface area contributed by atoms with Crippen molar-refractivity contribution >= 4 is 17.7 Å². The molecule has 1 N–H and O–H groups in total. The Hall–Kier alpha value is -2.74. The van der Waals surface area contributed by atoms with Crippen LogP contribution in [0.25, 0.3) is 0 Å². The van der Waals surface area contributed by atoms with Crippen LogP contribution < -0.4 is 5.32 Å². The molecule has 0 saturated heterocycles. The summed E-state index contributed by atoms with van der Waals surface area (Å²) in [4.78, 5) is 17.3. The van der Waals surface area contributed by atoms with Crippen LogP contribution in [0.3, 0.4) is 0 Å². The third-order valence-electron chi connectivity index (χ3n) is 5.69. The summed E-state index contributed by atoms with van der Waals surface area (Å²) >= 11 is 1.57. The number of hydrogen-bond donors (Lipinski definition) is 1. The van der Waals surface area contributed by atoms with E-state index in [1.165, 1.54) is 12.1 Å². The van der Waals surface area contributed by atoms with Crippen LogP contribution in [-0.4, -0.2) is 25.7 Å². The molecule has 156 valence electrons. The van der Waals surface area contributed by atoms with Crippen molar-refractivity contribution in [3.05, 3.63) is 71.6 Å². The number of nitrogens with zero attached hydrogens (tertiary/aromatic N) is 4. The summed E-state index contributed by atoms with van der Waals surface area (Å²) in [7, 11) is 1.89. The van der Waals surface area contributed by atoms with Crippen LogP contribution in [0.1, 0.15) is 42.6 Å². The highest BCUT2D eigenvalue weighted by atomic mass is 32.2. The zero-order chi connectivity index (χ0) is 21.0. The molecule has 4 rings (SSSR count). The molecule has 6 nitrogen and oxygen atoms in total. The Balaban J connectivity index is 1.42. The van der Waals surface area contributed by atoms with Gasteiger partial charge >= 0.3 is 0 Å². The zero-order valence-electron chi connectivity index (χ0n) is 16.8. The first kappa shape index (κ1) is 20.5. The summed E-state index contributed by atoms with van der Waals surface area (Å²) in [6.07, 6.45) is 6.96. The topological polar surface area (TPSA) is 72.7 Å². The summed E-state index contributed by atoms with van der Waals surface area (Å²) < 4.78 is 15.7. The van der Waals surface area contributed by atoms with Gasteiger partial charge in [0, 0.05) is 25.2 Å². The zero-order valence-corrected chi connectivity index (χ0v) is 17.7. The van der Waals surface area contributed by atoms with Crippen molar-refractivity contribution in [3.63, 3.8) is 0 Å². The molecule has 1 saturated carbocycles. The van der Waals surface area contributed by atoms with E-state index in [-0.39, 0.29) is 18.3 Å². The van der Waals surface area contributed by atoms with Gasteiger partial charge in [-0.05, 0) is 42.2 Å². The van der Waals surface area contributed by atoms with E-state index in [1.54, 1.807) is 24.0 Å². The predicted molar refractivity (Wildman–Crippen MR) is 113 cm³/mol. The fraction of sp³-hybridized carbons (Fsp3) is 0.364. The van der Waals surface area contributed by atoms with E-state index in [4.69, 9.17) is 0 Å². The fourth-order valence-corrected chi connectivity index (χ4v) is 4.86. The predicted octanol–water partition coefficient (Wildman–Crippen LogP) is 3.77. The maximum Gasteiger partial charge on any atom is 0.231 e. The molecule has 0 spiro atoms. The van der Waals surface area contributed by atoms with Crippen molar-refractivity contribution in [3.8, 4) is 0 Å². The Morgan fingerprint density at radius 2 is 2.07 bits per heavy atom. The van der Waals surface area contributed by atoms with Gasteiger partial charge in [-0.25, -0.2) is 4.39 Å². The molecular formula is C22H24FN5OS. The number of rotatable bonds is 7. The quantitative estimate of drug-likeness (QED) is 0.584. The SMILES string of the molecule is Cn1c(CNC(=O)C2(c3cccc(F)c3)CCCC2)nnc1SCc1cccnc1. The number of halogens is 1. The Kier molecular flexibility index (Phi) is 6.13. The number of carbonyl (C=O) groups is 1. The van der Waals surface area contributed by atoms with Gasteiger partial charge < -0.3 is 9.88 Å². The first-order chi connectivity index (χ1) is 14.6. The Morgan fingerprint density at radius 3 is 2.80 bits per heavy atom. The number of nitrogens with one attached hydrogen (secondary N) is 1. The van der Waals surface area contributed by atoms with E-state index in [1.807, 2.05) is 36.0 Å². The molecule has 1 fully saturated rings. The number of carbonyl (C=O) groups excluding carboxylic acids is 1. The highest BCUT2D eigenvalue weighted by Crippen LogP contribution is 2.41. The van der Waals surface area contributed by atoms with Crippen molar-refractivity contribution in [2.75, 3.05) is 0 Å². The lowest BCUT2D eigenvalue weighted by molar-refractivity contribution is -0.126. The average molecular weight is 426 g/mol. The third-order valence-corrected chi connectivity index (χ3v) is 6.78. The van der Waals surface area contributed by atoms with Crippen LogP contribution in [0.5, 0.6) is 0 Å². The van der Waals surface area contributed by atoms with Crippen LogP contribution in [-0.2, 0) is 29.6 Å². The molecule has 2 aromatic heterocycles. The van der Waals surface area contributed by atoms with Gasteiger partial charge in [0.15, 0.2) is 11.0 Å². The summed E-state index contributed by atoms with van der Waals surface area (Å²) in [5.74, 6) is 1.05. The minimum atomic E-state index is -0.668. The van der Waals surface area contributed by atoms with Crippen molar-refractivity contribution in [2.24, 2.45) is 7.05 Å². The number of amides is 1. The molecule has 0 unspecified atom stereocenters. The number of pyridine rings is 1. The van der Waals surface area contributed by atoms with Gasteiger partial charge in [-0.3, -0.25) is 9.78 Å². The van der Waals surface area contributed by atoms with Gasteiger partial charge in [-0.2, -0.15) is 0 Å². The molecule has 0 bridgehead atoms. The second kappa shape index (κ2) is 8.95. The lowest BCUT2D eigenvalue weighted by Gasteiger charge is -2.28. The minimum absolute atomic E-state index is 0.0711. The van der Waals surface area contributed by atoms with Crippen molar-refractivity contribution in [2.45, 2.75) is 48.6 Å². The van der Waals surface area contributed by atoms with Crippen molar-refractivity contribution in [1.29, 1.82) is 0 Å². The van der Waals surface area contributed by atoms with E-state index >= 15 is 0 Å². The van der Waals surface area contributed by atoms with Gasteiger partial charge in [0.25, 0.3) is 0 Å². The smallest absolute Gasteiger partial charge is 0.231 e. The third kappa shape index (κ3) is 4.23. The van der Waals surface area contributed by atoms with Crippen LogP contribution in [0.4, 0.5) is 4.39 Å². The summed E-state index contributed by atoms with van der Waals surface area (Å²) in [6, 6.07) is 10.3. The van der Waals surface area contributed by atoms with Crippen molar-refractivity contribution in [1.82, 2.24) is 25.1 Å². The number of thioether (sulfide) groups is 1. The van der Waals surface area contributed by atoms with E-state index in [0.717, 1.165) is 47.7 Å². The number of aromatic nitrogens is 4. The normalized spacial score (nSPS) is 15.3. The molecule has 8 heteroatoms. The van der Waals surface area contributed by atoms with E-state index < -0.39 is 5.41 Å². The second-order valence-electron chi connectivity index (χ2n) is 7.59. The molecule has 1 amide bonds. The molecule has 2 heterocycles. The largest absolute Gasteiger partial charge is 0.348 e. The second-order valence-corrected chi connectivity index (χ2v) is 8.53. The van der Waals surface area contributed by atoms with Crippen LogP contribution in [0.15, 0.2) is 53.9 Å². The number of benzene rings is 1. The standard InChI is InChI=1S/C22H24FN5OS/c1-28-19(26-27-21(28)30-15-16-6-5-11-24-13-16)14-25-20(29)22(9-2-3-10-22)17-7-4-8-18(23)12-17/h4-8,11-13H,2-3,9-10,14-15H2,1H3,(H,25,29). The number of hydrogen-bond acceptors (Lipinski definition) is 5. The van der Waals surface area contributed by atoms with Gasteiger partial charge in [0.05, 0.1) is 12.0 Å². The van der Waals surface area contributed by atoms with Crippen LogP contribution >= 0.6 is 11.8 Å². The average Bonchev–Trinajstić information content (AvgIpc) is 3.39. The summed E-state index contributed by atoms with van der Waals surface area (Å²) in [5, 5.41) is 12.3. The Labute approximate surface area is 179 Å². The Bertz CT molecular complexity index is 1020. The molecule has 0 aliphatic heterocycles. The molecule has 1 aliphatic rings. The van der Waals surface area contributed by atoms with E-state index in [0.29, 0.717) is 5.82 Å². The molecule has 1 aromatic carbocycles. The molecule has 3 aromatic rings. The molecule has 1 aliphatic carbocycles. The highest BCUT2D eigenvalue weighted by molar-refractivity contribution is 7.98. The lowest BCUT2D eigenvalue weighted by Crippen LogP contribution is -2.42. The first-order valence-electron chi connectivity index (χ1n) is 10.0. The summed E-state index contributed by atoms with van der Waals surface area (Å²) in [5.41, 5.74) is 1.19.